The fourth-order valence-corrected chi connectivity index (χ4v) is 3.17. The van der Waals surface area contributed by atoms with Crippen LogP contribution in [0.3, 0.4) is 0 Å². The Labute approximate surface area is 161 Å². The molecule has 0 bridgehead atoms. The first kappa shape index (κ1) is 18.3. The van der Waals surface area contributed by atoms with Crippen LogP contribution < -0.4 is 10.1 Å². The Morgan fingerprint density at radius 2 is 1.75 bits per heavy atom. The van der Waals surface area contributed by atoms with Crippen molar-refractivity contribution >= 4 is 11.4 Å². The maximum Gasteiger partial charge on any atom is 0.418 e. The third-order valence-electron chi connectivity index (χ3n) is 4.78. The van der Waals surface area contributed by atoms with Crippen LogP contribution >= 0.6 is 0 Å². The SMILES string of the molecule is COc1cccc(-c2ncc(Nc3ccc(C4CC4)cc3)cc2C(F)(F)F)c1. The van der Waals surface area contributed by atoms with E-state index in [2.05, 4.69) is 10.3 Å². The minimum Gasteiger partial charge on any atom is -0.497 e. The molecule has 3 aromatic rings. The van der Waals surface area contributed by atoms with E-state index in [-0.39, 0.29) is 11.4 Å². The molecule has 0 atom stereocenters. The third kappa shape index (κ3) is 3.96. The first-order valence-corrected chi connectivity index (χ1v) is 9.03. The zero-order valence-electron chi connectivity index (χ0n) is 15.3. The molecule has 1 aliphatic carbocycles. The molecule has 1 aliphatic rings. The second kappa shape index (κ2) is 7.19. The maximum atomic E-state index is 13.7. The molecule has 1 saturated carbocycles. The predicted octanol–water partition coefficient (Wildman–Crippen LogP) is 6.40. The van der Waals surface area contributed by atoms with Gasteiger partial charge < -0.3 is 10.1 Å². The largest absolute Gasteiger partial charge is 0.497 e. The van der Waals surface area contributed by atoms with Crippen molar-refractivity contribution in [2.24, 2.45) is 0 Å². The van der Waals surface area contributed by atoms with E-state index in [1.54, 1.807) is 24.3 Å². The molecular weight excluding hydrogens is 365 g/mol. The second-order valence-electron chi connectivity index (χ2n) is 6.87. The van der Waals surface area contributed by atoms with Crippen LogP contribution in [0.1, 0.15) is 29.9 Å². The van der Waals surface area contributed by atoms with Gasteiger partial charge in [0.1, 0.15) is 5.75 Å². The number of aromatic nitrogens is 1. The van der Waals surface area contributed by atoms with Crippen molar-refractivity contribution in [3.63, 3.8) is 0 Å². The van der Waals surface area contributed by atoms with Crippen LogP contribution in [-0.4, -0.2) is 12.1 Å². The summed E-state index contributed by atoms with van der Waals surface area (Å²) in [5.41, 5.74) is 1.73. The van der Waals surface area contributed by atoms with Gasteiger partial charge in [0.25, 0.3) is 0 Å². The van der Waals surface area contributed by atoms with E-state index in [1.165, 1.54) is 31.7 Å². The van der Waals surface area contributed by atoms with Gasteiger partial charge in [-0.1, -0.05) is 24.3 Å². The molecule has 0 radical (unpaired) electrons. The second-order valence-corrected chi connectivity index (χ2v) is 6.87. The Morgan fingerprint density at radius 3 is 2.39 bits per heavy atom. The van der Waals surface area contributed by atoms with E-state index in [9.17, 15) is 13.2 Å². The average Bonchev–Trinajstić information content (AvgIpc) is 3.53. The van der Waals surface area contributed by atoms with E-state index < -0.39 is 11.7 Å². The number of rotatable bonds is 5. The fraction of sp³-hybridized carbons (Fsp3) is 0.227. The maximum absolute atomic E-state index is 13.7. The van der Waals surface area contributed by atoms with Crippen LogP contribution in [0.15, 0.2) is 60.8 Å². The lowest BCUT2D eigenvalue weighted by molar-refractivity contribution is -0.137. The molecule has 1 fully saturated rings. The summed E-state index contributed by atoms with van der Waals surface area (Å²) in [5, 5.41) is 3.02. The van der Waals surface area contributed by atoms with Crippen molar-refractivity contribution in [3.05, 3.63) is 71.9 Å². The standard InChI is InChI=1S/C22H19F3N2O/c1-28-19-4-2-3-16(11-19)21-20(22(23,24)25)12-18(13-26-21)27-17-9-7-15(8-10-17)14-5-6-14/h2-4,7-14,27H,5-6H2,1H3. The molecule has 144 valence electrons. The summed E-state index contributed by atoms with van der Waals surface area (Å²) >= 11 is 0. The van der Waals surface area contributed by atoms with Crippen LogP contribution in [0.2, 0.25) is 0 Å². The van der Waals surface area contributed by atoms with Gasteiger partial charge in [-0.25, -0.2) is 0 Å². The summed E-state index contributed by atoms with van der Waals surface area (Å²) in [6, 6.07) is 15.3. The van der Waals surface area contributed by atoms with Gasteiger partial charge in [0, 0.05) is 11.3 Å². The highest BCUT2D eigenvalue weighted by atomic mass is 19.4. The Hall–Kier alpha value is -3.02. The normalized spacial score (nSPS) is 14.0. The Kier molecular flexibility index (Phi) is 4.71. The number of hydrogen-bond acceptors (Lipinski definition) is 3. The highest BCUT2D eigenvalue weighted by molar-refractivity contribution is 5.69. The first-order chi connectivity index (χ1) is 13.4. The van der Waals surface area contributed by atoms with Crippen molar-refractivity contribution in [2.75, 3.05) is 12.4 Å². The van der Waals surface area contributed by atoms with E-state index in [0.717, 1.165) is 11.8 Å². The average molecular weight is 384 g/mol. The molecule has 2 aromatic carbocycles. The Bertz CT molecular complexity index is 980. The molecule has 1 heterocycles. The number of nitrogens with zero attached hydrogens (tertiary/aromatic N) is 1. The molecule has 28 heavy (non-hydrogen) atoms. The molecule has 0 aliphatic heterocycles. The van der Waals surface area contributed by atoms with Gasteiger partial charge in [-0.05, 0) is 54.7 Å². The van der Waals surface area contributed by atoms with Crippen LogP contribution in [-0.2, 0) is 6.18 Å². The van der Waals surface area contributed by atoms with Crippen LogP contribution in [0.4, 0.5) is 24.5 Å². The summed E-state index contributed by atoms with van der Waals surface area (Å²) in [4.78, 5) is 4.10. The molecule has 0 unspecified atom stereocenters. The van der Waals surface area contributed by atoms with Gasteiger partial charge in [-0.15, -0.1) is 0 Å². The van der Waals surface area contributed by atoms with Crippen LogP contribution in [0.5, 0.6) is 5.75 Å². The quantitative estimate of drug-likeness (QED) is 0.553. The van der Waals surface area contributed by atoms with E-state index in [1.807, 2.05) is 24.3 Å². The number of hydrogen-bond donors (Lipinski definition) is 1. The summed E-state index contributed by atoms with van der Waals surface area (Å²) in [7, 11) is 1.47. The van der Waals surface area contributed by atoms with Gasteiger partial charge in [-0.2, -0.15) is 13.2 Å². The van der Waals surface area contributed by atoms with Crippen LogP contribution in [0, 0.1) is 0 Å². The van der Waals surface area contributed by atoms with Crippen molar-refractivity contribution < 1.29 is 17.9 Å². The monoisotopic (exact) mass is 384 g/mol. The number of nitrogens with one attached hydrogen (secondary N) is 1. The van der Waals surface area contributed by atoms with E-state index >= 15 is 0 Å². The molecular formula is C22H19F3N2O. The molecule has 0 spiro atoms. The Balaban J connectivity index is 1.66. The molecule has 0 saturated heterocycles. The Morgan fingerprint density at radius 1 is 1.00 bits per heavy atom. The molecule has 1 aromatic heterocycles. The predicted molar refractivity (Wildman–Crippen MR) is 103 cm³/mol. The topological polar surface area (TPSA) is 34.1 Å². The number of halogens is 3. The van der Waals surface area contributed by atoms with Crippen LogP contribution in [0.25, 0.3) is 11.3 Å². The number of alkyl halides is 3. The molecule has 1 N–H and O–H groups in total. The number of benzene rings is 2. The molecule has 3 nitrogen and oxygen atoms in total. The minimum atomic E-state index is -4.53. The summed E-state index contributed by atoms with van der Waals surface area (Å²) in [6.07, 6.45) is -0.702. The lowest BCUT2D eigenvalue weighted by atomic mass is 10.0. The molecule has 6 heteroatoms. The fourth-order valence-electron chi connectivity index (χ4n) is 3.17. The molecule has 4 rings (SSSR count). The van der Waals surface area contributed by atoms with Gasteiger partial charge in [0.05, 0.1) is 30.3 Å². The summed E-state index contributed by atoms with van der Waals surface area (Å²) in [5.74, 6) is 1.11. The molecule has 0 amide bonds. The van der Waals surface area contributed by atoms with Gasteiger partial charge >= 0.3 is 6.18 Å². The lowest BCUT2D eigenvalue weighted by Crippen LogP contribution is -2.09. The van der Waals surface area contributed by atoms with Gasteiger partial charge in [0.2, 0.25) is 0 Å². The van der Waals surface area contributed by atoms with Crippen molar-refractivity contribution in [1.29, 1.82) is 0 Å². The number of anilines is 2. The van der Waals surface area contributed by atoms with Crippen molar-refractivity contribution in [2.45, 2.75) is 24.9 Å². The highest BCUT2D eigenvalue weighted by Crippen LogP contribution is 2.41. The van der Waals surface area contributed by atoms with Crippen molar-refractivity contribution in [3.8, 4) is 17.0 Å². The van der Waals surface area contributed by atoms with Gasteiger partial charge in [-0.3, -0.25) is 4.98 Å². The zero-order valence-corrected chi connectivity index (χ0v) is 15.3. The highest BCUT2D eigenvalue weighted by Gasteiger charge is 2.35. The first-order valence-electron chi connectivity index (χ1n) is 9.03. The van der Waals surface area contributed by atoms with E-state index in [0.29, 0.717) is 17.2 Å². The minimum absolute atomic E-state index is 0.124. The number of pyridine rings is 1. The number of methoxy groups -OCH3 is 1. The smallest absolute Gasteiger partial charge is 0.418 e. The lowest BCUT2D eigenvalue weighted by Gasteiger charge is -2.15. The number of ether oxygens (including phenoxy) is 1. The third-order valence-corrected chi connectivity index (χ3v) is 4.78. The van der Waals surface area contributed by atoms with E-state index in [4.69, 9.17) is 4.74 Å². The summed E-state index contributed by atoms with van der Waals surface area (Å²) < 4.78 is 46.2. The van der Waals surface area contributed by atoms with Gasteiger partial charge in [0.15, 0.2) is 0 Å². The summed E-state index contributed by atoms with van der Waals surface area (Å²) in [6.45, 7) is 0. The van der Waals surface area contributed by atoms with Crippen molar-refractivity contribution in [1.82, 2.24) is 4.98 Å². The zero-order chi connectivity index (χ0) is 19.7.